The maximum atomic E-state index is 12.9. The zero-order chi connectivity index (χ0) is 29.2. The first-order valence-electron chi connectivity index (χ1n) is 11.5. The third-order valence-electron chi connectivity index (χ3n) is 5.47. The first kappa shape index (κ1) is 30.9. The minimum Gasteiger partial charge on any atom is -0.308 e. The molecule has 3 rings (SSSR count). The average molecular weight is 621 g/mol. The molecule has 1 amide bonds. The maximum Gasteiger partial charge on any atom is 0.437 e. The molecule has 0 fully saturated rings. The first-order chi connectivity index (χ1) is 18.1. The molecule has 212 valence electrons. The summed E-state index contributed by atoms with van der Waals surface area (Å²) >= 11 is 6.06. The number of benzene rings is 2. The van der Waals surface area contributed by atoms with Crippen molar-refractivity contribution in [1.29, 1.82) is 0 Å². The van der Waals surface area contributed by atoms with Crippen molar-refractivity contribution in [2.24, 2.45) is 0 Å². The minimum atomic E-state index is -5.08. The number of nitrogens with one attached hydrogen (secondary N) is 2. The molecule has 39 heavy (non-hydrogen) atoms. The number of halogens is 1. The van der Waals surface area contributed by atoms with Crippen LogP contribution in [-0.2, 0) is 24.6 Å². The molecule has 0 aliphatic heterocycles. The number of fused-ring (bicyclic) bond motifs is 1. The van der Waals surface area contributed by atoms with E-state index in [4.69, 9.17) is 11.6 Å². The Morgan fingerprint density at radius 1 is 1.00 bits per heavy atom. The standard InChI is InChI=1S/C22H26ClN4O9PS2/c1-3-11-26(12-4-2)39(35,36)17-8-5-15(6-9-17)22(29)24-25-38(33,34)20-13-16-7-10-21(28)27(37(30,31)32)19(16)14-18(20)23/h5-10,13-14,25H,3-4,11-12H2,1-2H3,(H,24,29)(H2,30,31,32). The predicted octanol–water partition coefficient (Wildman–Crippen LogP) is 2.03. The van der Waals surface area contributed by atoms with Gasteiger partial charge in [0.05, 0.1) is 15.4 Å². The Kier molecular flexibility index (Phi) is 9.40. The number of sulfonamides is 2. The van der Waals surface area contributed by atoms with Crippen molar-refractivity contribution in [3.05, 3.63) is 69.5 Å². The Hall–Kier alpha value is -2.62. The molecule has 0 atom stereocenters. The SMILES string of the molecule is CCCN(CCC)S(=O)(=O)c1ccc(C(=O)NNS(=O)(=O)c2cc3ccc(=O)n(P(=O)(O)O)c3cc2Cl)cc1. The summed E-state index contributed by atoms with van der Waals surface area (Å²) in [5, 5.41) is -0.499. The lowest BCUT2D eigenvalue weighted by molar-refractivity contribution is 0.0945. The number of hydrogen-bond donors (Lipinski definition) is 4. The van der Waals surface area contributed by atoms with Crippen LogP contribution >= 0.6 is 19.3 Å². The van der Waals surface area contributed by atoms with E-state index in [1.807, 2.05) is 24.1 Å². The van der Waals surface area contributed by atoms with Gasteiger partial charge in [-0.3, -0.25) is 15.0 Å². The number of carbonyl (C=O) groups excluding carboxylic acids is 1. The lowest BCUT2D eigenvalue weighted by Crippen LogP contribution is -2.41. The molecule has 1 heterocycles. The van der Waals surface area contributed by atoms with Gasteiger partial charge >= 0.3 is 7.75 Å². The normalized spacial score (nSPS) is 12.7. The van der Waals surface area contributed by atoms with E-state index in [-0.39, 0.29) is 25.7 Å². The molecule has 0 unspecified atom stereocenters. The van der Waals surface area contributed by atoms with Crippen molar-refractivity contribution >= 4 is 56.2 Å². The number of amides is 1. The quantitative estimate of drug-likeness (QED) is 0.183. The highest BCUT2D eigenvalue weighted by Gasteiger charge is 2.26. The van der Waals surface area contributed by atoms with Gasteiger partial charge in [-0.25, -0.2) is 25.7 Å². The molecule has 0 saturated heterocycles. The fourth-order valence-corrected chi connectivity index (χ4v) is 7.52. The van der Waals surface area contributed by atoms with Crippen LogP contribution in [0.15, 0.2) is 63.1 Å². The zero-order valence-corrected chi connectivity index (χ0v) is 24.0. The summed E-state index contributed by atoms with van der Waals surface area (Å²) in [7, 11) is -13.3. The Morgan fingerprint density at radius 3 is 2.13 bits per heavy atom. The Bertz CT molecular complexity index is 1710. The Labute approximate surface area is 229 Å². The van der Waals surface area contributed by atoms with Crippen LogP contribution in [0, 0.1) is 0 Å². The van der Waals surface area contributed by atoms with Crippen LogP contribution < -0.4 is 15.8 Å². The van der Waals surface area contributed by atoms with Crippen LogP contribution in [0.1, 0.15) is 37.0 Å². The summed E-state index contributed by atoms with van der Waals surface area (Å²) in [6.07, 6.45) is 1.26. The van der Waals surface area contributed by atoms with Crippen molar-refractivity contribution in [2.75, 3.05) is 13.1 Å². The van der Waals surface area contributed by atoms with Crippen LogP contribution in [0.3, 0.4) is 0 Å². The maximum absolute atomic E-state index is 12.9. The largest absolute Gasteiger partial charge is 0.437 e. The van der Waals surface area contributed by atoms with E-state index >= 15 is 0 Å². The van der Waals surface area contributed by atoms with Gasteiger partial charge in [-0.15, -0.1) is 4.83 Å². The van der Waals surface area contributed by atoms with Gasteiger partial charge in [0.25, 0.3) is 21.5 Å². The van der Waals surface area contributed by atoms with E-state index in [1.165, 1.54) is 28.6 Å². The zero-order valence-electron chi connectivity index (χ0n) is 20.7. The number of hydrogen-bond acceptors (Lipinski definition) is 7. The predicted molar refractivity (Wildman–Crippen MR) is 144 cm³/mol. The average Bonchev–Trinajstić information content (AvgIpc) is 2.86. The van der Waals surface area contributed by atoms with Crippen LogP contribution in [0.4, 0.5) is 0 Å². The summed E-state index contributed by atoms with van der Waals surface area (Å²) in [6, 6.07) is 8.87. The summed E-state index contributed by atoms with van der Waals surface area (Å²) in [5.41, 5.74) is 0.652. The van der Waals surface area contributed by atoms with Crippen LogP contribution in [0.5, 0.6) is 0 Å². The van der Waals surface area contributed by atoms with Crippen LogP contribution in [0.2, 0.25) is 5.02 Å². The van der Waals surface area contributed by atoms with E-state index in [1.54, 1.807) is 0 Å². The number of carbonyl (C=O) groups is 1. The number of nitrogens with zero attached hydrogens (tertiary/aromatic N) is 2. The van der Waals surface area contributed by atoms with Gasteiger partial charge in [0.2, 0.25) is 10.0 Å². The number of hydrazine groups is 1. The fourth-order valence-electron chi connectivity index (χ4n) is 3.72. The van der Waals surface area contributed by atoms with Crippen molar-refractivity contribution in [2.45, 2.75) is 36.5 Å². The summed E-state index contributed by atoms with van der Waals surface area (Å²) < 4.78 is 64.7. The Morgan fingerprint density at radius 2 is 1.59 bits per heavy atom. The topological polar surface area (TPSA) is 192 Å². The van der Waals surface area contributed by atoms with Gasteiger partial charge in [0.15, 0.2) is 0 Å². The summed E-state index contributed by atoms with van der Waals surface area (Å²) in [4.78, 5) is 44.8. The van der Waals surface area contributed by atoms with Crippen molar-refractivity contribution in [3.63, 3.8) is 0 Å². The van der Waals surface area contributed by atoms with Crippen molar-refractivity contribution in [3.8, 4) is 0 Å². The van der Waals surface area contributed by atoms with Gasteiger partial charge in [-0.2, -0.15) is 4.31 Å². The van der Waals surface area contributed by atoms with Gasteiger partial charge in [-0.1, -0.05) is 25.4 Å². The molecule has 4 N–H and O–H groups in total. The van der Waals surface area contributed by atoms with Gasteiger partial charge in [0.1, 0.15) is 4.90 Å². The van der Waals surface area contributed by atoms with E-state index in [2.05, 4.69) is 0 Å². The second-order valence-electron chi connectivity index (χ2n) is 8.33. The van der Waals surface area contributed by atoms with E-state index in [0.717, 1.165) is 24.3 Å². The second-order valence-corrected chi connectivity index (χ2v) is 13.7. The molecular weight excluding hydrogens is 595 g/mol. The molecule has 17 heteroatoms. The molecule has 1 aromatic heterocycles. The molecule has 3 aromatic rings. The monoisotopic (exact) mass is 620 g/mol. The Balaban J connectivity index is 1.83. The lowest BCUT2D eigenvalue weighted by Gasteiger charge is -2.21. The van der Waals surface area contributed by atoms with Crippen LogP contribution in [0.25, 0.3) is 10.9 Å². The minimum absolute atomic E-state index is 0.0155. The smallest absolute Gasteiger partial charge is 0.308 e. The first-order valence-corrected chi connectivity index (χ1v) is 16.3. The molecule has 2 aromatic carbocycles. The van der Waals surface area contributed by atoms with Gasteiger partial charge in [-0.05, 0) is 55.3 Å². The molecule has 0 spiro atoms. The molecule has 0 radical (unpaired) electrons. The number of rotatable bonds is 11. The van der Waals surface area contributed by atoms with E-state index < -0.39 is 49.2 Å². The van der Waals surface area contributed by atoms with Crippen molar-refractivity contribution in [1.82, 2.24) is 18.9 Å². The van der Waals surface area contributed by atoms with E-state index in [0.29, 0.717) is 25.9 Å². The third kappa shape index (κ3) is 6.76. The van der Waals surface area contributed by atoms with Gasteiger partial charge in [0, 0.05) is 30.1 Å². The van der Waals surface area contributed by atoms with E-state index in [9.17, 15) is 40.8 Å². The highest BCUT2D eigenvalue weighted by atomic mass is 35.5. The molecular formula is C22H26ClN4O9PS2. The highest BCUT2D eigenvalue weighted by Crippen LogP contribution is 2.39. The summed E-state index contributed by atoms with van der Waals surface area (Å²) in [5.74, 6) is -0.895. The second kappa shape index (κ2) is 11.9. The fraction of sp³-hybridized carbons (Fsp3) is 0.273. The highest BCUT2D eigenvalue weighted by molar-refractivity contribution is 7.89. The summed E-state index contributed by atoms with van der Waals surface area (Å²) in [6.45, 7) is 4.40. The molecule has 0 aliphatic rings. The number of pyridine rings is 1. The molecule has 13 nitrogen and oxygen atoms in total. The number of aromatic nitrogens is 1. The molecule has 0 aliphatic carbocycles. The molecule has 0 saturated carbocycles. The lowest BCUT2D eigenvalue weighted by atomic mass is 10.2. The molecule has 0 bridgehead atoms. The van der Waals surface area contributed by atoms with Crippen molar-refractivity contribution < 1.29 is 36.0 Å². The van der Waals surface area contributed by atoms with Gasteiger partial charge < -0.3 is 9.79 Å². The van der Waals surface area contributed by atoms with Crippen LogP contribution in [-0.4, -0.2) is 54.3 Å². The third-order valence-corrected chi connectivity index (χ3v) is 10.0.